The topological polar surface area (TPSA) is 85.4 Å². The van der Waals surface area contributed by atoms with E-state index in [4.69, 9.17) is 14.2 Å². The number of esters is 1. The number of anilines is 6. The number of benzene rings is 6. The summed E-state index contributed by atoms with van der Waals surface area (Å²) in [7, 11) is 0. The lowest BCUT2D eigenvalue weighted by Gasteiger charge is -2.26. The maximum absolute atomic E-state index is 12.4. The summed E-state index contributed by atoms with van der Waals surface area (Å²) in [5, 5.41) is 0. The molecule has 0 spiro atoms. The molecular formula is C50H46N2O6. The molecule has 292 valence electrons. The largest absolute Gasteiger partial charge is 0.490 e. The molecule has 0 unspecified atom stereocenters. The third-order valence-corrected chi connectivity index (χ3v) is 9.56. The molecule has 0 fully saturated rings. The van der Waals surface area contributed by atoms with E-state index in [1.165, 1.54) is 11.1 Å². The molecule has 0 N–H and O–H groups in total. The average Bonchev–Trinajstić information content (AvgIpc) is 3.28. The first-order chi connectivity index (χ1) is 28.3. The minimum Gasteiger partial charge on any atom is -0.490 e. The highest BCUT2D eigenvalue weighted by Crippen LogP contribution is 2.37. The van der Waals surface area contributed by atoms with Crippen molar-refractivity contribution in [2.24, 2.45) is 0 Å². The van der Waals surface area contributed by atoms with Gasteiger partial charge in [-0.25, -0.2) is 4.79 Å². The summed E-state index contributed by atoms with van der Waals surface area (Å²) in [6.45, 7) is 12.0. The van der Waals surface area contributed by atoms with Crippen molar-refractivity contribution in [1.29, 1.82) is 0 Å². The second kappa shape index (κ2) is 19.6. The summed E-state index contributed by atoms with van der Waals surface area (Å²) in [6, 6.07) is 47.5. The molecule has 8 nitrogen and oxygen atoms in total. The molecule has 0 radical (unpaired) electrons. The van der Waals surface area contributed by atoms with Gasteiger partial charge in [0.05, 0.1) is 0 Å². The lowest BCUT2D eigenvalue weighted by Crippen LogP contribution is -2.13. The molecule has 0 saturated carbocycles. The zero-order chi connectivity index (χ0) is 40.9. The van der Waals surface area contributed by atoms with Gasteiger partial charge in [-0.3, -0.25) is 9.59 Å². The molecule has 6 aromatic carbocycles. The Hall–Kier alpha value is -7.19. The predicted molar refractivity (Wildman–Crippen MR) is 232 cm³/mol. The standard InChI is InChI=1S/C50H46N2O6/c1-5-36-9-17-40(18-10-36)51(42-21-13-38(14-22-42)35-58-49(54)8-4)44-25-29-46(30-26-44)56-33-34-57-47-31-27-45(28-32-47)52(41-19-11-37(6-2)12-20-41)43-23-15-39(16-24-43)50(55)48(53)7-3/h7-32H,3-6,33-35H2,1-2H3. The zero-order valence-corrected chi connectivity index (χ0v) is 32.8. The molecule has 0 aromatic heterocycles. The van der Waals surface area contributed by atoms with Crippen LogP contribution in [-0.2, 0) is 33.8 Å². The first-order valence-electron chi connectivity index (χ1n) is 19.2. The molecule has 0 saturated heterocycles. The van der Waals surface area contributed by atoms with Crippen molar-refractivity contribution in [2.75, 3.05) is 23.0 Å². The Kier molecular flexibility index (Phi) is 13.7. The van der Waals surface area contributed by atoms with Crippen molar-refractivity contribution in [1.82, 2.24) is 0 Å². The van der Waals surface area contributed by atoms with Crippen LogP contribution in [-0.4, -0.2) is 30.7 Å². The Bertz CT molecular complexity index is 2320. The highest BCUT2D eigenvalue weighted by Gasteiger charge is 2.17. The van der Waals surface area contributed by atoms with Gasteiger partial charge in [-0.2, -0.15) is 0 Å². The van der Waals surface area contributed by atoms with Crippen molar-refractivity contribution in [3.8, 4) is 11.5 Å². The maximum Gasteiger partial charge on any atom is 0.330 e. The van der Waals surface area contributed by atoms with Gasteiger partial charge < -0.3 is 24.0 Å². The highest BCUT2D eigenvalue weighted by molar-refractivity contribution is 6.47. The Morgan fingerprint density at radius 2 is 0.828 bits per heavy atom. The quantitative estimate of drug-likeness (QED) is 0.0265. The SMILES string of the molecule is C=CC(=O)OCc1ccc(N(c2ccc(CC)cc2)c2ccc(OCCOc3ccc(N(c4ccc(CC)cc4)c4ccc(C(=O)C(=O)C=C)cc4)cc3)cc2)cc1. The second-order valence-electron chi connectivity index (χ2n) is 13.3. The number of hydrogen-bond acceptors (Lipinski definition) is 8. The lowest BCUT2D eigenvalue weighted by molar-refractivity contribution is -0.139. The molecule has 0 aliphatic carbocycles. The van der Waals surface area contributed by atoms with Crippen LogP contribution in [0.4, 0.5) is 34.1 Å². The molecule has 0 bridgehead atoms. The van der Waals surface area contributed by atoms with Gasteiger partial charge in [-0.05, 0) is 145 Å². The van der Waals surface area contributed by atoms with Crippen molar-refractivity contribution in [3.05, 3.63) is 193 Å². The number of carbonyl (C=O) groups is 3. The Morgan fingerprint density at radius 1 is 0.483 bits per heavy atom. The minimum atomic E-state index is -0.637. The smallest absolute Gasteiger partial charge is 0.330 e. The summed E-state index contributed by atoms with van der Waals surface area (Å²) >= 11 is 0. The highest BCUT2D eigenvalue weighted by atomic mass is 16.5. The lowest BCUT2D eigenvalue weighted by atomic mass is 10.1. The van der Waals surface area contributed by atoms with Gasteiger partial charge in [0.2, 0.25) is 11.6 Å². The average molecular weight is 771 g/mol. The third-order valence-electron chi connectivity index (χ3n) is 9.56. The van der Waals surface area contributed by atoms with Gasteiger partial charge in [0.1, 0.15) is 31.3 Å². The van der Waals surface area contributed by atoms with E-state index >= 15 is 0 Å². The van der Waals surface area contributed by atoms with Crippen LogP contribution in [0.25, 0.3) is 0 Å². The van der Waals surface area contributed by atoms with Gasteiger partial charge in [0, 0.05) is 45.8 Å². The van der Waals surface area contributed by atoms with Gasteiger partial charge in [0.25, 0.3) is 0 Å². The second-order valence-corrected chi connectivity index (χ2v) is 13.3. The van der Waals surface area contributed by atoms with Gasteiger partial charge >= 0.3 is 5.97 Å². The molecular weight excluding hydrogens is 725 g/mol. The zero-order valence-electron chi connectivity index (χ0n) is 32.8. The van der Waals surface area contributed by atoms with Crippen LogP contribution in [0.2, 0.25) is 0 Å². The summed E-state index contributed by atoms with van der Waals surface area (Å²) in [5.41, 5.74) is 9.28. The number of aryl methyl sites for hydroxylation is 2. The summed E-state index contributed by atoms with van der Waals surface area (Å²) in [4.78, 5) is 40.1. The molecule has 58 heavy (non-hydrogen) atoms. The monoisotopic (exact) mass is 770 g/mol. The van der Waals surface area contributed by atoms with E-state index in [9.17, 15) is 14.4 Å². The first-order valence-corrected chi connectivity index (χ1v) is 19.2. The number of allylic oxidation sites excluding steroid dienone is 1. The van der Waals surface area contributed by atoms with E-state index < -0.39 is 17.5 Å². The van der Waals surface area contributed by atoms with E-state index in [2.05, 4.69) is 85.3 Å². The third kappa shape index (κ3) is 10.2. The number of hydrogen-bond donors (Lipinski definition) is 0. The summed E-state index contributed by atoms with van der Waals surface area (Å²) in [5.74, 6) is -0.268. The number of carbonyl (C=O) groups excluding carboxylic acids is 3. The number of rotatable bonds is 19. The minimum absolute atomic E-state index is 0.173. The van der Waals surface area contributed by atoms with E-state index in [0.717, 1.165) is 70.4 Å². The molecule has 0 aliphatic rings. The van der Waals surface area contributed by atoms with Crippen LogP contribution in [0.1, 0.15) is 40.9 Å². The Labute approximate surface area is 340 Å². The van der Waals surface area contributed by atoms with Crippen LogP contribution in [0.15, 0.2) is 171 Å². The normalized spacial score (nSPS) is 10.6. The first kappa shape index (κ1) is 40.5. The van der Waals surface area contributed by atoms with Gasteiger partial charge in [-0.15, -0.1) is 0 Å². The molecule has 0 atom stereocenters. The number of Topliss-reactive ketones (excluding diaryl/α,β-unsaturated/α-hetero) is 1. The molecule has 8 heteroatoms. The Morgan fingerprint density at radius 3 is 1.17 bits per heavy atom. The fourth-order valence-corrected chi connectivity index (χ4v) is 6.31. The summed E-state index contributed by atoms with van der Waals surface area (Å²) in [6.07, 6.45) is 4.07. The van der Waals surface area contributed by atoms with Crippen LogP contribution in [0, 0.1) is 0 Å². The van der Waals surface area contributed by atoms with E-state index in [1.54, 1.807) is 12.1 Å². The molecule has 0 amide bonds. The van der Waals surface area contributed by atoms with Gasteiger partial charge in [-0.1, -0.05) is 63.4 Å². The van der Waals surface area contributed by atoms with Crippen molar-refractivity contribution >= 4 is 51.7 Å². The molecule has 6 aromatic rings. The fraction of sp³-hybridized carbons (Fsp3) is 0.140. The number of nitrogens with zero attached hydrogens (tertiary/aromatic N) is 2. The predicted octanol–water partition coefficient (Wildman–Crippen LogP) is 11.4. The molecule has 6 rings (SSSR count). The van der Waals surface area contributed by atoms with Gasteiger partial charge in [0.15, 0.2) is 0 Å². The van der Waals surface area contributed by atoms with Crippen LogP contribution >= 0.6 is 0 Å². The van der Waals surface area contributed by atoms with Crippen molar-refractivity contribution in [3.63, 3.8) is 0 Å². The van der Waals surface area contributed by atoms with E-state index in [1.807, 2.05) is 84.9 Å². The van der Waals surface area contributed by atoms with Crippen LogP contribution < -0.4 is 19.3 Å². The summed E-state index contributed by atoms with van der Waals surface area (Å²) < 4.78 is 17.3. The van der Waals surface area contributed by atoms with Crippen molar-refractivity contribution < 1.29 is 28.6 Å². The molecule has 0 aliphatic heterocycles. The Balaban J connectivity index is 1.10. The maximum atomic E-state index is 12.4. The molecule has 0 heterocycles. The van der Waals surface area contributed by atoms with Crippen molar-refractivity contribution in [2.45, 2.75) is 33.3 Å². The number of ketones is 2. The van der Waals surface area contributed by atoms with Crippen LogP contribution in [0.3, 0.4) is 0 Å². The fourth-order valence-electron chi connectivity index (χ4n) is 6.31. The van der Waals surface area contributed by atoms with E-state index in [0.29, 0.717) is 24.5 Å². The van der Waals surface area contributed by atoms with Crippen LogP contribution in [0.5, 0.6) is 11.5 Å². The number of ether oxygens (including phenoxy) is 3. The van der Waals surface area contributed by atoms with E-state index in [-0.39, 0.29) is 6.61 Å².